The zero-order chi connectivity index (χ0) is 14.5. The SMILES string of the molecule is COc1cc(CO)ccc1Oc1ccnc(C(=O)O)c1. The number of rotatable bonds is 5. The number of pyridine rings is 1. The van der Waals surface area contributed by atoms with E-state index in [-0.39, 0.29) is 12.3 Å². The number of aliphatic hydroxyl groups excluding tert-OH is 1. The van der Waals surface area contributed by atoms with Crippen molar-refractivity contribution in [3.05, 3.63) is 47.8 Å². The summed E-state index contributed by atoms with van der Waals surface area (Å²) in [7, 11) is 1.48. The Balaban J connectivity index is 2.29. The third kappa shape index (κ3) is 3.04. The summed E-state index contributed by atoms with van der Waals surface area (Å²) in [4.78, 5) is 14.5. The predicted octanol–water partition coefficient (Wildman–Crippen LogP) is 2.07. The van der Waals surface area contributed by atoms with Crippen molar-refractivity contribution in [1.82, 2.24) is 4.98 Å². The number of aromatic nitrogens is 1. The number of aromatic carboxylic acids is 1. The lowest BCUT2D eigenvalue weighted by atomic mass is 10.2. The van der Waals surface area contributed by atoms with Gasteiger partial charge in [-0.3, -0.25) is 0 Å². The number of carboxylic acid groups (broad SMARTS) is 1. The molecule has 0 radical (unpaired) electrons. The summed E-state index contributed by atoms with van der Waals surface area (Å²) in [6.07, 6.45) is 1.35. The van der Waals surface area contributed by atoms with Crippen LogP contribution >= 0.6 is 0 Å². The number of ether oxygens (including phenoxy) is 2. The van der Waals surface area contributed by atoms with Crippen molar-refractivity contribution in [3.8, 4) is 17.2 Å². The van der Waals surface area contributed by atoms with Gasteiger partial charge < -0.3 is 19.7 Å². The maximum atomic E-state index is 10.8. The maximum Gasteiger partial charge on any atom is 0.354 e. The zero-order valence-corrected chi connectivity index (χ0v) is 10.7. The third-order valence-corrected chi connectivity index (χ3v) is 2.59. The lowest BCUT2D eigenvalue weighted by molar-refractivity contribution is 0.0690. The van der Waals surface area contributed by atoms with Gasteiger partial charge in [0, 0.05) is 12.3 Å². The van der Waals surface area contributed by atoms with Gasteiger partial charge in [-0.25, -0.2) is 9.78 Å². The number of benzene rings is 1. The van der Waals surface area contributed by atoms with Crippen LogP contribution in [0.15, 0.2) is 36.5 Å². The van der Waals surface area contributed by atoms with Crippen LogP contribution in [-0.4, -0.2) is 28.3 Å². The van der Waals surface area contributed by atoms with Gasteiger partial charge in [-0.05, 0) is 23.8 Å². The van der Waals surface area contributed by atoms with Crippen LogP contribution in [0.25, 0.3) is 0 Å². The highest BCUT2D eigenvalue weighted by atomic mass is 16.5. The summed E-state index contributed by atoms with van der Waals surface area (Å²) in [5, 5.41) is 17.9. The van der Waals surface area contributed by atoms with E-state index in [0.717, 1.165) is 0 Å². The average Bonchev–Trinajstić information content (AvgIpc) is 2.48. The summed E-state index contributed by atoms with van der Waals surface area (Å²) >= 11 is 0. The minimum absolute atomic E-state index is 0.102. The summed E-state index contributed by atoms with van der Waals surface area (Å²) in [6.45, 7) is -0.102. The Morgan fingerprint density at radius 3 is 2.70 bits per heavy atom. The van der Waals surface area contributed by atoms with E-state index < -0.39 is 5.97 Å². The molecule has 104 valence electrons. The number of carbonyl (C=O) groups is 1. The Bertz CT molecular complexity index is 627. The van der Waals surface area contributed by atoms with E-state index in [2.05, 4.69) is 4.98 Å². The molecule has 0 spiro atoms. The first kappa shape index (κ1) is 13.8. The Hall–Kier alpha value is -2.60. The van der Waals surface area contributed by atoms with E-state index in [4.69, 9.17) is 19.7 Å². The Morgan fingerprint density at radius 2 is 2.05 bits per heavy atom. The first-order valence-electron chi connectivity index (χ1n) is 5.79. The van der Waals surface area contributed by atoms with Crippen LogP contribution in [0.5, 0.6) is 17.2 Å². The van der Waals surface area contributed by atoms with Crippen LogP contribution < -0.4 is 9.47 Å². The molecule has 2 N–H and O–H groups in total. The normalized spacial score (nSPS) is 10.1. The van der Waals surface area contributed by atoms with Gasteiger partial charge >= 0.3 is 5.97 Å². The Labute approximate surface area is 115 Å². The zero-order valence-electron chi connectivity index (χ0n) is 10.7. The minimum atomic E-state index is -1.13. The second kappa shape index (κ2) is 6.03. The molecule has 6 nitrogen and oxygen atoms in total. The molecule has 0 aliphatic heterocycles. The first-order chi connectivity index (χ1) is 9.63. The number of hydrogen-bond acceptors (Lipinski definition) is 5. The second-order valence-electron chi connectivity index (χ2n) is 3.93. The Kier molecular flexibility index (Phi) is 4.17. The molecule has 20 heavy (non-hydrogen) atoms. The molecule has 6 heteroatoms. The van der Waals surface area contributed by atoms with E-state index in [0.29, 0.717) is 22.8 Å². The smallest absolute Gasteiger partial charge is 0.354 e. The third-order valence-electron chi connectivity index (χ3n) is 2.59. The lowest BCUT2D eigenvalue weighted by Crippen LogP contribution is -2.00. The second-order valence-corrected chi connectivity index (χ2v) is 3.93. The standard InChI is InChI=1S/C14H13NO5/c1-19-13-6-9(8-16)2-3-12(13)20-10-4-5-15-11(7-10)14(17)18/h2-7,16H,8H2,1H3,(H,17,18). The molecule has 2 rings (SSSR count). The van der Waals surface area contributed by atoms with Gasteiger partial charge in [0.05, 0.1) is 13.7 Å². The van der Waals surface area contributed by atoms with Gasteiger partial charge in [-0.1, -0.05) is 6.07 Å². The van der Waals surface area contributed by atoms with E-state index in [9.17, 15) is 4.79 Å². The quantitative estimate of drug-likeness (QED) is 0.868. The summed E-state index contributed by atoms with van der Waals surface area (Å²) in [6, 6.07) is 7.85. The molecule has 1 aromatic carbocycles. The number of methoxy groups -OCH3 is 1. The van der Waals surface area contributed by atoms with Crippen molar-refractivity contribution in [2.75, 3.05) is 7.11 Å². The summed E-state index contributed by atoms with van der Waals surface area (Å²) < 4.78 is 10.8. The molecule has 0 fully saturated rings. The summed E-state index contributed by atoms with van der Waals surface area (Å²) in [5.41, 5.74) is 0.587. The van der Waals surface area contributed by atoms with Crippen molar-refractivity contribution in [2.24, 2.45) is 0 Å². The van der Waals surface area contributed by atoms with Gasteiger partial charge in [-0.2, -0.15) is 0 Å². The van der Waals surface area contributed by atoms with Crippen LogP contribution in [0.3, 0.4) is 0 Å². The fourth-order valence-electron chi connectivity index (χ4n) is 1.61. The van der Waals surface area contributed by atoms with Gasteiger partial charge in [0.1, 0.15) is 5.75 Å². The molecule has 0 saturated heterocycles. The van der Waals surface area contributed by atoms with E-state index in [1.807, 2.05) is 0 Å². The topological polar surface area (TPSA) is 88.9 Å². The van der Waals surface area contributed by atoms with Crippen molar-refractivity contribution in [3.63, 3.8) is 0 Å². The fraction of sp³-hybridized carbons (Fsp3) is 0.143. The molecule has 1 aromatic heterocycles. The number of carboxylic acids is 1. The van der Waals surface area contributed by atoms with Gasteiger partial charge in [-0.15, -0.1) is 0 Å². The van der Waals surface area contributed by atoms with E-state index in [1.54, 1.807) is 24.3 Å². The molecule has 0 atom stereocenters. The monoisotopic (exact) mass is 275 g/mol. The highest BCUT2D eigenvalue weighted by Gasteiger charge is 2.10. The maximum absolute atomic E-state index is 10.8. The fourth-order valence-corrected chi connectivity index (χ4v) is 1.61. The van der Waals surface area contributed by atoms with Crippen LogP contribution in [0.2, 0.25) is 0 Å². The molecule has 0 aliphatic rings. The van der Waals surface area contributed by atoms with Gasteiger partial charge in [0.15, 0.2) is 17.2 Å². The molecule has 0 aliphatic carbocycles. The molecular weight excluding hydrogens is 262 g/mol. The molecule has 0 unspecified atom stereocenters. The van der Waals surface area contributed by atoms with Crippen molar-refractivity contribution < 1.29 is 24.5 Å². The van der Waals surface area contributed by atoms with Crippen LogP contribution in [0, 0.1) is 0 Å². The molecule has 1 heterocycles. The van der Waals surface area contributed by atoms with Crippen molar-refractivity contribution in [1.29, 1.82) is 0 Å². The molecular formula is C14H13NO5. The van der Waals surface area contributed by atoms with E-state index in [1.165, 1.54) is 19.4 Å². The number of aliphatic hydroxyl groups is 1. The number of hydrogen-bond donors (Lipinski definition) is 2. The number of nitrogens with zero attached hydrogens (tertiary/aromatic N) is 1. The van der Waals surface area contributed by atoms with Crippen molar-refractivity contribution >= 4 is 5.97 Å². The van der Waals surface area contributed by atoms with Crippen LogP contribution in [-0.2, 0) is 6.61 Å². The Morgan fingerprint density at radius 1 is 1.25 bits per heavy atom. The minimum Gasteiger partial charge on any atom is -0.493 e. The highest BCUT2D eigenvalue weighted by Crippen LogP contribution is 2.32. The predicted molar refractivity (Wildman–Crippen MR) is 70.2 cm³/mol. The van der Waals surface area contributed by atoms with Crippen LogP contribution in [0.4, 0.5) is 0 Å². The average molecular weight is 275 g/mol. The highest BCUT2D eigenvalue weighted by molar-refractivity contribution is 5.85. The van der Waals surface area contributed by atoms with E-state index >= 15 is 0 Å². The summed E-state index contributed by atoms with van der Waals surface area (Å²) in [5.74, 6) is 0.0861. The molecule has 0 saturated carbocycles. The molecule has 0 bridgehead atoms. The molecule has 0 amide bonds. The lowest BCUT2D eigenvalue weighted by Gasteiger charge is -2.11. The van der Waals surface area contributed by atoms with Gasteiger partial charge in [0.2, 0.25) is 0 Å². The first-order valence-corrected chi connectivity index (χ1v) is 5.79. The van der Waals surface area contributed by atoms with Crippen LogP contribution in [0.1, 0.15) is 16.1 Å². The largest absolute Gasteiger partial charge is 0.493 e. The molecule has 2 aromatic rings. The van der Waals surface area contributed by atoms with Gasteiger partial charge in [0.25, 0.3) is 0 Å². The van der Waals surface area contributed by atoms with Crippen molar-refractivity contribution in [2.45, 2.75) is 6.61 Å².